The molecule has 0 spiro atoms. The summed E-state index contributed by atoms with van der Waals surface area (Å²) in [5.74, 6) is 0.698. The van der Waals surface area contributed by atoms with Crippen LogP contribution in [0.25, 0.3) is 0 Å². The lowest BCUT2D eigenvalue weighted by Crippen LogP contribution is -2.38. The van der Waals surface area contributed by atoms with E-state index in [0.29, 0.717) is 18.9 Å². The lowest BCUT2D eigenvalue weighted by Gasteiger charge is -2.11. The summed E-state index contributed by atoms with van der Waals surface area (Å²) in [4.78, 5) is 4.47. The van der Waals surface area contributed by atoms with E-state index in [-0.39, 0.29) is 0 Å². The zero-order chi connectivity index (χ0) is 19.0. The van der Waals surface area contributed by atoms with E-state index in [4.69, 9.17) is 0 Å². The normalized spacial score (nSPS) is 12.3. The fraction of sp³-hybridized carbons (Fsp3) is 0.444. The first-order valence-corrected chi connectivity index (χ1v) is 8.54. The number of aryl methyl sites for hydroxylation is 1. The van der Waals surface area contributed by atoms with Crippen LogP contribution in [0.15, 0.2) is 41.7 Å². The largest absolute Gasteiger partial charge is 0.416 e. The topological polar surface area (TPSA) is 54.2 Å². The summed E-state index contributed by atoms with van der Waals surface area (Å²) in [6, 6.07) is 5.22. The summed E-state index contributed by atoms with van der Waals surface area (Å²) in [7, 11) is 1.88. The predicted octanol–water partition coefficient (Wildman–Crippen LogP) is 2.78. The van der Waals surface area contributed by atoms with Crippen molar-refractivity contribution in [1.29, 1.82) is 0 Å². The summed E-state index contributed by atoms with van der Waals surface area (Å²) in [5.41, 5.74) is 1.34. The van der Waals surface area contributed by atoms with Crippen molar-refractivity contribution in [3.05, 3.63) is 53.3 Å². The maximum absolute atomic E-state index is 12.6. The molecule has 0 saturated carbocycles. The number of hydrogen-bond donors (Lipinski definition) is 2. The lowest BCUT2D eigenvalue weighted by molar-refractivity contribution is -0.137. The Bertz CT molecular complexity index is 704. The van der Waals surface area contributed by atoms with Crippen molar-refractivity contribution in [2.24, 2.45) is 12.0 Å². The Morgan fingerprint density at radius 2 is 1.85 bits per heavy atom. The third-order valence-corrected chi connectivity index (χ3v) is 3.76. The third-order valence-electron chi connectivity index (χ3n) is 3.76. The van der Waals surface area contributed by atoms with Crippen LogP contribution in [0, 0.1) is 0 Å². The molecule has 0 aliphatic carbocycles. The average Bonchev–Trinajstić information content (AvgIpc) is 3.00. The molecule has 0 atom stereocenters. The van der Waals surface area contributed by atoms with Crippen LogP contribution in [0.2, 0.25) is 0 Å². The molecule has 0 fully saturated rings. The summed E-state index contributed by atoms with van der Waals surface area (Å²) >= 11 is 0. The molecule has 0 radical (unpaired) electrons. The van der Waals surface area contributed by atoms with E-state index in [1.54, 1.807) is 4.68 Å². The summed E-state index contributed by atoms with van der Waals surface area (Å²) in [6.45, 7) is 3.93. The summed E-state index contributed by atoms with van der Waals surface area (Å²) in [6.07, 6.45) is 0.911. The molecule has 0 aliphatic rings. The van der Waals surface area contributed by atoms with E-state index in [9.17, 15) is 13.2 Å². The number of nitrogens with zero attached hydrogens (tertiary/aromatic N) is 3. The molecule has 5 nitrogen and oxygen atoms in total. The average molecular weight is 367 g/mol. The number of nitrogens with one attached hydrogen (secondary N) is 2. The molecule has 0 unspecified atom stereocenters. The standard InChI is InChI=1S/C18H24F3N5/c1-3-22-17(24-11-9-15-12-25-26(2)13-15)23-10-8-14-4-6-16(7-5-14)18(19,20)21/h4-7,12-13H,3,8-11H2,1-2H3,(H2,22,23,24). The molecule has 1 aromatic heterocycles. The number of hydrogen-bond acceptors (Lipinski definition) is 2. The van der Waals surface area contributed by atoms with Gasteiger partial charge in [-0.25, -0.2) is 0 Å². The maximum atomic E-state index is 12.6. The van der Waals surface area contributed by atoms with Gasteiger partial charge in [0.2, 0.25) is 0 Å². The van der Waals surface area contributed by atoms with Crippen LogP contribution in [0.3, 0.4) is 0 Å². The molecular weight excluding hydrogens is 343 g/mol. The molecule has 1 aromatic carbocycles. The molecule has 0 aliphatic heterocycles. The van der Waals surface area contributed by atoms with Gasteiger partial charge in [-0.15, -0.1) is 0 Å². The molecule has 0 amide bonds. The number of halogens is 3. The molecule has 2 rings (SSSR count). The van der Waals surface area contributed by atoms with Crippen LogP contribution in [0.5, 0.6) is 0 Å². The van der Waals surface area contributed by atoms with E-state index < -0.39 is 11.7 Å². The molecule has 1 heterocycles. The Kier molecular flexibility index (Phi) is 7.06. The molecule has 0 bridgehead atoms. The minimum Gasteiger partial charge on any atom is -0.357 e. The van der Waals surface area contributed by atoms with Crippen molar-refractivity contribution in [3.63, 3.8) is 0 Å². The van der Waals surface area contributed by atoms with Gasteiger partial charge in [-0.2, -0.15) is 18.3 Å². The first-order valence-electron chi connectivity index (χ1n) is 8.54. The Morgan fingerprint density at radius 1 is 1.12 bits per heavy atom. The van der Waals surface area contributed by atoms with E-state index in [2.05, 4.69) is 20.7 Å². The van der Waals surface area contributed by atoms with Crippen molar-refractivity contribution in [1.82, 2.24) is 20.4 Å². The third kappa shape index (κ3) is 6.42. The Hall–Kier alpha value is -2.51. The van der Waals surface area contributed by atoms with Crippen LogP contribution in [-0.4, -0.2) is 35.4 Å². The molecule has 0 saturated heterocycles. The highest BCUT2D eigenvalue weighted by atomic mass is 19.4. The van der Waals surface area contributed by atoms with Gasteiger partial charge in [-0.05, 0) is 43.0 Å². The Balaban J connectivity index is 1.82. The zero-order valence-corrected chi connectivity index (χ0v) is 15.0. The van der Waals surface area contributed by atoms with Gasteiger partial charge in [-0.3, -0.25) is 9.67 Å². The molecule has 8 heteroatoms. The second kappa shape index (κ2) is 9.26. The van der Waals surface area contributed by atoms with Gasteiger partial charge in [0.1, 0.15) is 0 Å². The first-order chi connectivity index (χ1) is 12.4. The highest BCUT2D eigenvalue weighted by Gasteiger charge is 2.29. The highest BCUT2D eigenvalue weighted by Crippen LogP contribution is 2.29. The van der Waals surface area contributed by atoms with Crippen molar-refractivity contribution >= 4 is 5.96 Å². The fourth-order valence-electron chi connectivity index (χ4n) is 2.43. The van der Waals surface area contributed by atoms with Crippen LogP contribution in [0.4, 0.5) is 13.2 Å². The highest BCUT2D eigenvalue weighted by molar-refractivity contribution is 5.79. The predicted molar refractivity (Wildman–Crippen MR) is 96.0 cm³/mol. The molecule has 2 aromatic rings. The van der Waals surface area contributed by atoms with Gasteiger partial charge in [0.25, 0.3) is 0 Å². The van der Waals surface area contributed by atoms with E-state index in [1.807, 2.05) is 26.4 Å². The molecular formula is C18H24F3N5. The minimum atomic E-state index is -4.30. The van der Waals surface area contributed by atoms with Gasteiger partial charge in [-0.1, -0.05) is 12.1 Å². The van der Waals surface area contributed by atoms with Gasteiger partial charge in [0.15, 0.2) is 5.96 Å². The van der Waals surface area contributed by atoms with Crippen molar-refractivity contribution in [2.75, 3.05) is 19.6 Å². The van der Waals surface area contributed by atoms with E-state index in [0.717, 1.165) is 42.8 Å². The zero-order valence-electron chi connectivity index (χ0n) is 15.0. The number of alkyl halides is 3. The minimum absolute atomic E-state index is 0.494. The SMILES string of the molecule is CCNC(=NCCc1ccc(C(F)(F)F)cc1)NCCc1cnn(C)c1. The maximum Gasteiger partial charge on any atom is 0.416 e. The van der Waals surface area contributed by atoms with Gasteiger partial charge < -0.3 is 10.6 Å². The van der Waals surface area contributed by atoms with Crippen molar-refractivity contribution in [3.8, 4) is 0 Å². The lowest BCUT2D eigenvalue weighted by atomic mass is 10.1. The summed E-state index contributed by atoms with van der Waals surface area (Å²) < 4.78 is 39.4. The molecule has 2 N–H and O–H groups in total. The molecule has 142 valence electrons. The van der Waals surface area contributed by atoms with Crippen LogP contribution >= 0.6 is 0 Å². The van der Waals surface area contributed by atoms with Gasteiger partial charge in [0.05, 0.1) is 11.8 Å². The van der Waals surface area contributed by atoms with E-state index in [1.165, 1.54) is 12.1 Å². The number of aliphatic imine (C=N–C) groups is 1. The second-order valence-electron chi connectivity index (χ2n) is 5.90. The number of aromatic nitrogens is 2. The first kappa shape index (κ1) is 19.8. The number of guanidine groups is 1. The van der Waals surface area contributed by atoms with Gasteiger partial charge in [0, 0.05) is 32.9 Å². The molecule has 26 heavy (non-hydrogen) atoms. The second-order valence-corrected chi connectivity index (χ2v) is 5.90. The summed E-state index contributed by atoms with van der Waals surface area (Å²) in [5, 5.41) is 10.5. The Labute approximate surface area is 151 Å². The number of benzene rings is 1. The van der Waals surface area contributed by atoms with Crippen molar-refractivity contribution < 1.29 is 13.2 Å². The van der Waals surface area contributed by atoms with E-state index >= 15 is 0 Å². The van der Waals surface area contributed by atoms with Crippen LogP contribution < -0.4 is 10.6 Å². The van der Waals surface area contributed by atoms with Gasteiger partial charge >= 0.3 is 6.18 Å². The fourth-order valence-corrected chi connectivity index (χ4v) is 2.43. The van der Waals surface area contributed by atoms with Crippen LogP contribution in [-0.2, 0) is 26.1 Å². The van der Waals surface area contributed by atoms with Crippen molar-refractivity contribution in [2.45, 2.75) is 25.9 Å². The monoisotopic (exact) mass is 367 g/mol. The van der Waals surface area contributed by atoms with Crippen LogP contribution in [0.1, 0.15) is 23.6 Å². The smallest absolute Gasteiger partial charge is 0.357 e. The quantitative estimate of drug-likeness (QED) is 0.585. The Morgan fingerprint density at radius 3 is 2.42 bits per heavy atom. The number of rotatable bonds is 7.